The molecule has 7 heteroatoms. The molecule has 2 unspecified atom stereocenters. The van der Waals surface area contributed by atoms with Crippen molar-refractivity contribution in [3.8, 4) is 0 Å². The fraction of sp³-hybridized carbons (Fsp3) is 0.667. The maximum atomic E-state index is 11.0. The molecule has 0 rings (SSSR count). The van der Waals surface area contributed by atoms with Crippen LogP contribution in [0.4, 0.5) is 0 Å². The number of carbonyl (C=O) groups is 2. The van der Waals surface area contributed by atoms with E-state index in [9.17, 15) is 9.59 Å². The highest BCUT2D eigenvalue weighted by Crippen LogP contribution is 2.09. The van der Waals surface area contributed by atoms with Gasteiger partial charge in [-0.25, -0.2) is 0 Å². The van der Waals surface area contributed by atoms with Crippen molar-refractivity contribution in [3.63, 3.8) is 0 Å². The molecule has 0 aromatic carbocycles. The molecule has 0 fully saturated rings. The highest BCUT2D eigenvalue weighted by atomic mass is 32.1. The van der Waals surface area contributed by atoms with Gasteiger partial charge in [0.25, 0.3) is 0 Å². The smallest absolute Gasteiger partial charge is 0.318 e. The number of aliphatic hydroxyl groups is 1. The first kappa shape index (κ1) is 12.6. The first-order valence-corrected chi connectivity index (χ1v) is 4.51. The Morgan fingerprint density at radius 3 is 2.23 bits per heavy atom. The minimum atomic E-state index is -1.21. The Balaban J connectivity index is 4.01. The Morgan fingerprint density at radius 2 is 1.85 bits per heavy atom. The van der Waals surface area contributed by atoms with Crippen molar-refractivity contribution >= 4 is 37.1 Å². The number of hydrogen-bond donors (Lipinski definition) is 5. The molecule has 0 aromatic rings. The molecule has 2 atom stereocenters. The van der Waals surface area contributed by atoms with E-state index in [0.29, 0.717) is 0 Å². The van der Waals surface area contributed by atoms with Crippen LogP contribution in [0.15, 0.2) is 0 Å². The molecule has 0 aliphatic rings. The molecule has 0 saturated heterocycles. The number of amides is 1. The highest BCUT2D eigenvalue weighted by Gasteiger charge is 2.27. The van der Waals surface area contributed by atoms with Gasteiger partial charge in [0.15, 0.2) is 0 Å². The summed E-state index contributed by atoms with van der Waals surface area (Å²) in [6.45, 7) is -0.118. The van der Waals surface area contributed by atoms with Gasteiger partial charge in [-0.2, -0.15) is 25.3 Å². The van der Waals surface area contributed by atoms with Crippen molar-refractivity contribution in [2.24, 2.45) is 0 Å². The van der Waals surface area contributed by atoms with E-state index in [1.807, 2.05) is 0 Å². The summed E-state index contributed by atoms with van der Waals surface area (Å²) in [6, 6.07) is 0. The molecule has 0 saturated carbocycles. The van der Waals surface area contributed by atoms with Gasteiger partial charge >= 0.3 is 5.97 Å². The quantitative estimate of drug-likeness (QED) is 0.379. The Morgan fingerprint density at radius 1 is 1.31 bits per heavy atom. The number of rotatable bonds is 5. The van der Waals surface area contributed by atoms with E-state index in [2.05, 4.69) is 30.6 Å². The zero-order chi connectivity index (χ0) is 10.4. The zero-order valence-corrected chi connectivity index (χ0v) is 8.46. The van der Waals surface area contributed by atoms with Crippen molar-refractivity contribution in [1.29, 1.82) is 0 Å². The van der Waals surface area contributed by atoms with Gasteiger partial charge < -0.3 is 15.5 Å². The summed E-state index contributed by atoms with van der Waals surface area (Å²) < 4.78 is 0. The van der Waals surface area contributed by atoms with Crippen molar-refractivity contribution in [2.45, 2.75) is 10.5 Å². The average molecular weight is 225 g/mol. The van der Waals surface area contributed by atoms with Gasteiger partial charge in [-0.3, -0.25) is 9.59 Å². The van der Waals surface area contributed by atoms with Crippen molar-refractivity contribution in [1.82, 2.24) is 5.32 Å². The molecule has 0 aliphatic carbocycles. The van der Waals surface area contributed by atoms with Crippen LogP contribution < -0.4 is 5.32 Å². The minimum absolute atomic E-state index is 0.0794. The summed E-state index contributed by atoms with van der Waals surface area (Å²) in [5.41, 5.74) is 0. The maximum absolute atomic E-state index is 11.0. The van der Waals surface area contributed by atoms with Crippen molar-refractivity contribution < 1.29 is 19.8 Å². The summed E-state index contributed by atoms with van der Waals surface area (Å²) in [7, 11) is 0. The molecule has 3 N–H and O–H groups in total. The lowest BCUT2D eigenvalue weighted by atomic mass is 10.3. The number of hydrogen-bond acceptors (Lipinski definition) is 5. The number of thiol groups is 2. The number of carbonyl (C=O) groups excluding carboxylic acids is 1. The lowest BCUT2D eigenvalue weighted by Gasteiger charge is -2.13. The molecule has 76 valence electrons. The summed E-state index contributed by atoms with van der Waals surface area (Å²) >= 11 is 7.46. The van der Waals surface area contributed by atoms with Crippen LogP contribution in [0, 0.1) is 0 Å². The van der Waals surface area contributed by atoms with Crippen molar-refractivity contribution in [3.05, 3.63) is 0 Å². The van der Waals surface area contributed by atoms with Gasteiger partial charge in [0.05, 0.1) is 6.61 Å². The molecule has 0 radical (unpaired) electrons. The molecule has 0 bridgehead atoms. The van der Waals surface area contributed by atoms with Gasteiger partial charge in [-0.05, 0) is 0 Å². The summed E-state index contributed by atoms with van der Waals surface area (Å²) in [5.74, 6) is -1.76. The molecule has 1 amide bonds. The van der Waals surface area contributed by atoms with Gasteiger partial charge in [0, 0.05) is 6.54 Å². The van der Waals surface area contributed by atoms with Gasteiger partial charge in [0.1, 0.15) is 10.5 Å². The second-order valence-corrected chi connectivity index (χ2v) is 3.36. The lowest BCUT2D eigenvalue weighted by molar-refractivity contribution is -0.137. The van der Waals surface area contributed by atoms with Crippen LogP contribution in [0.1, 0.15) is 0 Å². The lowest BCUT2D eigenvalue weighted by Crippen LogP contribution is -2.40. The van der Waals surface area contributed by atoms with Crippen molar-refractivity contribution in [2.75, 3.05) is 13.2 Å². The maximum Gasteiger partial charge on any atom is 0.318 e. The normalized spacial score (nSPS) is 14.7. The Kier molecular flexibility index (Phi) is 5.93. The third-order valence-electron chi connectivity index (χ3n) is 1.23. The number of carboxylic acids is 1. The first-order valence-electron chi connectivity index (χ1n) is 3.48. The molecule has 13 heavy (non-hydrogen) atoms. The molecule has 0 spiro atoms. The van der Waals surface area contributed by atoms with Crippen LogP contribution in [-0.2, 0) is 9.59 Å². The fourth-order valence-corrected chi connectivity index (χ4v) is 0.916. The predicted molar refractivity (Wildman–Crippen MR) is 53.3 cm³/mol. The number of carboxylic acid groups (broad SMARTS) is 1. The molecule has 0 heterocycles. The van der Waals surface area contributed by atoms with E-state index < -0.39 is 22.4 Å². The molecular formula is C6H11NO4S2. The third-order valence-corrected chi connectivity index (χ3v) is 2.52. The SMILES string of the molecule is O=C(O)C(S)C(S)C(=O)NCCO. The molecule has 0 aromatic heterocycles. The Labute approximate surface area is 86.3 Å². The van der Waals surface area contributed by atoms with Crippen LogP contribution in [0.2, 0.25) is 0 Å². The molecule has 5 nitrogen and oxygen atoms in total. The standard InChI is InChI=1S/C6H11NO4S2/c8-2-1-7-5(9)3(12)4(13)6(10)11/h3-4,8,12-13H,1-2H2,(H,7,9)(H,10,11). The number of aliphatic hydroxyl groups excluding tert-OH is 1. The average Bonchev–Trinajstić information content (AvgIpc) is 2.11. The highest BCUT2D eigenvalue weighted by molar-refractivity contribution is 7.86. The van der Waals surface area contributed by atoms with Crippen LogP contribution in [0.3, 0.4) is 0 Å². The van der Waals surface area contributed by atoms with E-state index in [0.717, 1.165) is 0 Å². The largest absolute Gasteiger partial charge is 0.480 e. The van der Waals surface area contributed by atoms with E-state index in [4.69, 9.17) is 10.2 Å². The number of aliphatic carboxylic acids is 1. The fourth-order valence-electron chi connectivity index (χ4n) is 0.562. The minimum Gasteiger partial charge on any atom is -0.480 e. The van der Waals surface area contributed by atoms with Gasteiger partial charge in [0.2, 0.25) is 5.91 Å². The summed E-state index contributed by atoms with van der Waals surface area (Å²) in [5, 5.41) is 17.0. The van der Waals surface area contributed by atoms with E-state index >= 15 is 0 Å². The second kappa shape index (κ2) is 6.11. The van der Waals surface area contributed by atoms with E-state index in [1.54, 1.807) is 0 Å². The molecular weight excluding hydrogens is 214 g/mol. The monoisotopic (exact) mass is 225 g/mol. The Hall–Kier alpha value is -0.400. The Bertz CT molecular complexity index is 199. The predicted octanol–water partition coefficient (Wildman–Crippen LogP) is -1.22. The van der Waals surface area contributed by atoms with E-state index in [1.165, 1.54) is 0 Å². The number of nitrogens with one attached hydrogen (secondary N) is 1. The van der Waals surface area contributed by atoms with Crippen LogP contribution in [-0.4, -0.2) is 45.7 Å². The van der Waals surface area contributed by atoms with Crippen LogP contribution in [0.25, 0.3) is 0 Å². The van der Waals surface area contributed by atoms with E-state index in [-0.39, 0.29) is 13.2 Å². The first-order chi connectivity index (χ1) is 6.00. The summed E-state index contributed by atoms with van der Waals surface area (Å²) in [6.07, 6.45) is 0. The zero-order valence-electron chi connectivity index (χ0n) is 6.67. The second-order valence-electron chi connectivity index (χ2n) is 2.24. The van der Waals surface area contributed by atoms with Crippen LogP contribution in [0.5, 0.6) is 0 Å². The van der Waals surface area contributed by atoms with Crippen LogP contribution >= 0.6 is 25.3 Å². The topological polar surface area (TPSA) is 86.6 Å². The third kappa shape index (κ3) is 4.39. The summed E-state index contributed by atoms with van der Waals surface area (Å²) in [4.78, 5) is 21.4. The van der Waals surface area contributed by atoms with Gasteiger partial charge in [-0.15, -0.1) is 0 Å². The van der Waals surface area contributed by atoms with Gasteiger partial charge in [-0.1, -0.05) is 0 Å². The molecule has 0 aliphatic heterocycles.